The standard InChI is InChI=1S/C12H16F3N3/c13-12(14,15)11-16-7-6-10(17-11)18-8-4-2-1-3-5-9-18/h6-7H,1-5,8-9H2. The summed E-state index contributed by atoms with van der Waals surface area (Å²) in [5, 5.41) is 0. The molecule has 0 amide bonds. The first kappa shape index (κ1) is 13.1. The van der Waals surface area contributed by atoms with Crippen molar-refractivity contribution >= 4 is 5.82 Å². The van der Waals surface area contributed by atoms with E-state index >= 15 is 0 Å². The Morgan fingerprint density at radius 3 is 2.22 bits per heavy atom. The van der Waals surface area contributed by atoms with Crippen molar-refractivity contribution in [2.24, 2.45) is 0 Å². The predicted molar refractivity (Wildman–Crippen MR) is 62.3 cm³/mol. The van der Waals surface area contributed by atoms with Crippen molar-refractivity contribution in [3.8, 4) is 0 Å². The Labute approximate surface area is 104 Å². The predicted octanol–water partition coefficient (Wildman–Crippen LogP) is 3.27. The fourth-order valence-corrected chi connectivity index (χ4v) is 2.14. The molecule has 3 nitrogen and oxygen atoms in total. The lowest BCUT2D eigenvalue weighted by atomic mass is 10.1. The van der Waals surface area contributed by atoms with E-state index in [0.717, 1.165) is 38.8 Å². The van der Waals surface area contributed by atoms with Crippen LogP contribution >= 0.6 is 0 Å². The lowest BCUT2D eigenvalue weighted by Crippen LogP contribution is -2.28. The first-order valence-corrected chi connectivity index (χ1v) is 6.22. The van der Waals surface area contributed by atoms with Gasteiger partial charge in [-0.25, -0.2) is 9.97 Å². The molecule has 0 radical (unpaired) electrons. The SMILES string of the molecule is FC(F)(F)c1nccc(N2CCCCCCC2)n1. The van der Waals surface area contributed by atoms with E-state index in [1.54, 1.807) is 6.07 Å². The fraction of sp³-hybridized carbons (Fsp3) is 0.667. The Bertz CT molecular complexity index is 384. The topological polar surface area (TPSA) is 29.0 Å². The van der Waals surface area contributed by atoms with E-state index < -0.39 is 12.0 Å². The van der Waals surface area contributed by atoms with Gasteiger partial charge in [0.15, 0.2) is 0 Å². The quantitative estimate of drug-likeness (QED) is 0.775. The highest BCUT2D eigenvalue weighted by molar-refractivity contribution is 5.37. The molecule has 1 aromatic heterocycles. The molecule has 0 aromatic carbocycles. The van der Waals surface area contributed by atoms with Gasteiger partial charge in [0.1, 0.15) is 5.82 Å². The summed E-state index contributed by atoms with van der Waals surface area (Å²) in [6, 6.07) is 1.55. The van der Waals surface area contributed by atoms with E-state index in [2.05, 4.69) is 9.97 Å². The summed E-state index contributed by atoms with van der Waals surface area (Å²) in [6.07, 6.45) is 2.20. The van der Waals surface area contributed by atoms with Crippen molar-refractivity contribution in [2.45, 2.75) is 38.3 Å². The van der Waals surface area contributed by atoms with Crippen LogP contribution in [0.2, 0.25) is 0 Å². The molecule has 0 aliphatic carbocycles. The zero-order valence-corrected chi connectivity index (χ0v) is 10.1. The van der Waals surface area contributed by atoms with E-state index in [4.69, 9.17) is 0 Å². The van der Waals surface area contributed by atoms with Crippen LogP contribution in [-0.2, 0) is 6.18 Å². The van der Waals surface area contributed by atoms with E-state index in [1.165, 1.54) is 12.6 Å². The number of alkyl halides is 3. The summed E-state index contributed by atoms with van der Waals surface area (Å²) in [5.74, 6) is -0.665. The van der Waals surface area contributed by atoms with Gasteiger partial charge in [-0.1, -0.05) is 19.3 Å². The highest BCUT2D eigenvalue weighted by atomic mass is 19.4. The van der Waals surface area contributed by atoms with Gasteiger partial charge in [-0.3, -0.25) is 0 Å². The van der Waals surface area contributed by atoms with Crippen LogP contribution < -0.4 is 4.90 Å². The van der Waals surface area contributed by atoms with E-state index in [-0.39, 0.29) is 0 Å². The number of nitrogens with zero attached hydrogens (tertiary/aromatic N) is 3. The van der Waals surface area contributed by atoms with Crippen molar-refractivity contribution in [2.75, 3.05) is 18.0 Å². The van der Waals surface area contributed by atoms with E-state index in [9.17, 15) is 13.2 Å². The number of anilines is 1. The maximum atomic E-state index is 12.5. The van der Waals surface area contributed by atoms with Crippen molar-refractivity contribution in [3.63, 3.8) is 0 Å². The first-order chi connectivity index (χ1) is 8.57. The van der Waals surface area contributed by atoms with Crippen molar-refractivity contribution in [3.05, 3.63) is 18.1 Å². The molecule has 0 saturated carbocycles. The van der Waals surface area contributed by atoms with Crippen LogP contribution in [0.25, 0.3) is 0 Å². The molecule has 2 heterocycles. The summed E-state index contributed by atoms with van der Waals surface area (Å²) >= 11 is 0. The lowest BCUT2D eigenvalue weighted by molar-refractivity contribution is -0.144. The summed E-state index contributed by atoms with van der Waals surface area (Å²) in [5.41, 5.74) is 0. The smallest absolute Gasteiger partial charge is 0.357 e. The Morgan fingerprint density at radius 2 is 1.61 bits per heavy atom. The molecule has 0 spiro atoms. The van der Waals surface area contributed by atoms with Gasteiger partial charge >= 0.3 is 6.18 Å². The average Bonchev–Trinajstić information content (AvgIpc) is 2.27. The summed E-state index contributed by atoms with van der Waals surface area (Å²) in [4.78, 5) is 8.84. The normalized spacial score (nSPS) is 18.3. The second-order valence-electron chi connectivity index (χ2n) is 4.49. The molecular weight excluding hydrogens is 243 g/mol. The van der Waals surface area contributed by atoms with Gasteiger partial charge in [0, 0.05) is 19.3 Å². The number of rotatable bonds is 1. The number of halogens is 3. The second-order valence-corrected chi connectivity index (χ2v) is 4.49. The van der Waals surface area contributed by atoms with Gasteiger partial charge in [0.25, 0.3) is 0 Å². The molecule has 0 unspecified atom stereocenters. The molecule has 100 valence electrons. The Hall–Kier alpha value is -1.33. The molecule has 6 heteroatoms. The Balaban J connectivity index is 2.16. The monoisotopic (exact) mass is 259 g/mol. The molecule has 1 aromatic rings. The molecule has 1 fully saturated rings. The van der Waals surface area contributed by atoms with E-state index in [0.29, 0.717) is 5.82 Å². The van der Waals surface area contributed by atoms with Crippen LogP contribution in [0.1, 0.15) is 37.9 Å². The zero-order valence-electron chi connectivity index (χ0n) is 10.1. The third-order valence-corrected chi connectivity index (χ3v) is 3.07. The van der Waals surface area contributed by atoms with Crippen LogP contribution in [0.15, 0.2) is 12.3 Å². The molecule has 1 aliphatic heterocycles. The largest absolute Gasteiger partial charge is 0.451 e. The molecule has 0 atom stereocenters. The number of hydrogen-bond acceptors (Lipinski definition) is 3. The summed E-state index contributed by atoms with van der Waals surface area (Å²) in [7, 11) is 0. The van der Waals surface area contributed by atoms with Crippen LogP contribution in [-0.4, -0.2) is 23.1 Å². The van der Waals surface area contributed by atoms with Crippen molar-refractivity contribution in [1.82, 2.24) is 9.97 Å². The highest BCUT2D eigenvalue weighted by Gasteiger charge is 2.35. The zero-order chi connectivity index (χ0) is 13.0. The van der Waals surface area contributed by atoms with Crippen LogP contribution in [0, 0.1) is 0 Å². The minimum Gasteiger partial charge on any atom is -0.357 e. The molecule has 1 aliphatic rings. The molecular formula is C12H16F3N3. The van der Waals surface area contributed by atoms with Crippen LogP contribution in [0.5, 0.6) is 0 Å². The van der Waals surface area contributed by atoms with Gasteiger partial charge in [0.05, 0.1) is 0 Å². The van der Waals surface area contributed by atoms with Crippen molar-refractivity contribution in [1.29, 1.82) is 0 Å². The molecule has 0 bridgehead atoms. The summed E-state index contributed by atoms with van der Waals surface area (Å²) in [6.45, 7) is 1.54. The average molecular weight is 259 g/mol. The number of hydrogen-bond donors (Lipinski definition) is 0. The van der Waals surface area contributed by atoms with Crippen LogP contribution in [0.3, 0.4) is 0 Å². The van der Waals surface area contributed by atoms with Gasteiger partial charge in [-0.15, -0.1) is 0 Å². The number of aromatic nitrogens is 2. The molecule has 1 saturated heterocycles. The molecule has 18 heavy (non-hydrogen) atoms. The van der Waals surface area contributed by atoms with Gasteiger partial charge < -0.3 is 4.90 Å². The fourth-order valence-electron chi connectivity index (χ4n) is 2.14. The third kappa shape index (κ3) is 3.34. The third-order valence-electron chi connectivity index (χ3n) is 3.07. The Kier molecular flexibility index (Phi) is 4.04. The molecule has 2 rings (SSSR count). The van der Waals surface area contributed by atoms with Crippen molar-refractivity contribution < 1.29 is 13.2 Å². The summed E-state index contributed by atoms with van der Waals surface area (Å²) < 4.78 is 37.6. The first-order valence-electron chi connectivity index (χ1n) is 6.22. The maximum absolute atomic E-state index is 12.5. The van der Waals surface area contributed by atoms with E-state index in [1.807, 2.05) is 4.90 Å². The van der Waals surface area contributed by atoms with Gasteiger partial charge in [0.2, 0.25) is 5.82 Å². The Morgan fingerprint density at radius 1 is 1.00 bits per heavy atom. The maximum Gasteiger partial charge on any atom is 0.451 e. The highest BCUT2D eigenvalue weighted by Crippen LogP contribution is 2.27. The lowest BCUT2D eigenvalue weighted by Gasteiger charge is -2.26. The van der Waals surface area contributed by atoms with Crippen LogP contribution in [0.4, 0.5) is 19.0 Å². The van der Waals surface area contributed by atoms with Gasteiger partial charge in [-0.05, 0) is 18.9 Å². The minimum absolute atomic E-state index is 0.388. The molecule has 0 N–H and O–H groups in total. The second kappa shape index (κ2) is 5.54. The van der Waals surface area contributed by atoms with Gasteiger partial charge in [-0.2, -0.15) is 13.2 Å². The minimum atomic E-state index is -4.47.